The van der Waals surface area contributed by atoms with Gasteiger partial charge in [-0.15, -0.1) is 0 Å². The average molecular weight is 289 g/mol. The molecule has 0 radical (unpaired) electrons. The van der Waals surface area contributed by atoms with Gasteiger partial charge in [-0.3, -0.25) is 4.79 Å². The molecule has 1 aromatic carbocycles. The molecule has 0 aliphatic rings. The summed E-state index contributed by atoms with van der Waals surface area (Å²) in [6, 6.07) is 10.1. The van der Waals surface area contributed by atoms with Crippen LogP contribution < -0.4 is 0 Å². The van der Waals surface area contributed by atoms with Gasteiger partial charge in [0.1, 0.15) is 5.25 Å². The third-order valence-electron chi connectivity index (χ3n) is 3.08. The Kier molecular flexibility index (Phi) is 5.01. The van der Waals surface area contributed by atoms with Crippen molar-refractivity contribution < 1.29 is 9.53 Å². The molecule has 0 saturated heterocycles. The molecule has 20 heavy (non-hydrogen) atoms. The summed E-state index contributed by atoms with van der Waals surface area (Å²) in [5.74, 6) is -0.160. The van der Waals surface area contributed by atoms with Gasteiger partial charge in [-0.25, -0.2) is 4.98 Å². The Morgan fingerprint density at radius 2 is 2.10 bits per heavy atom. The Morgan fingerprint density at radius 3 is 2.80 bits per heavy atom. The summed E-state index contributed by atoms with van der Waals surface area (Å²) in [4.78, 5) is 16.5. The largest absolute Gasteiger partial charge is 0.465 e. The number of thioether (sulfide) groups is 1. The molecule has 2 rings (SSSR count). The van der Waals surface area contributed by atoms with Gasteiger partial charge in [-0.1, -0.05) is 36.9 Å². The molecular weight excluding hydrogens is 270 g/mol. The van der Waals surface area contributed by atoms with Crippen LogP contribution >= 0.6 is 11.8 Å². The number of fused-ring (bicyclic) bond motifs is 1. The number of ether oxygens (including phenoxy) is 1. The molecule has 3 nitrogen and oxygen atoms in total. The third-order valence-corrected chi connectivity index (χ3v) is 4.34. The highest BCUT2D eigenvalue weighted by atomic mass is 32.2. The first-order chi connectivity index (χ1) is 9.65. The monoisotopic (exact) mass is 289 g/mol. The van der Waals surface area contributed by atoms with Gasteiger partial charge in [0, 0.05) is 5.39 Å². The molecule has 0 aliphatic carbocycles. The van der Waals surface area contributed by atoms with Gasteiger partial charge in [0.05, 0.1) is 17.1 Å². The Morgan fingerprint density at radius 1 is 1.35 bits per heavy atom. The van der Waals surface area contributed by atoms with Crippen LogP contribution in [0.15, 0.2) is 35.4 Å². The minimum atomic E-state index is -0.192. The van der Waals surface area contributed by atoms with Crippen molar-refractivity contribution in [3.63, 3.8) is 0 Å². The summed E-state index contributed by atoms with van der Waals surface area (Å²) in [5.41, 5.74) is 2.14. The molecule has 0 aliphatic heterocycles. The zero-order chi connectivity index (χ0) is 14.5. The van der Waals surface area contributed by atoms with Crippen molar-refractivity contribution in [2.45, 2.75) is 37.5 Å². The van der Waals surface area contributed by atoms with Crippen molar-refractivity contribution in [3.05, 3.63) is 35.9 Å². The maximum Gasteiger partial charge on any atom is 0.319 e. The molecule has 106 valence electrons. The standard InChI is InChI=1S/C16H19NO2S/c1-4-14(16(18)19-5-2)20-15-10-11(3)12-8-6-7-9-13(12)17-15/h6-10,14H,4-5H2,1-3H3/t14-/m0/s1. The van der Waals surface area contributed by atoms with Gasteiger partial charge in [0.25, 0.3) is 0 Å². The first-order valence-corrected chi connectivity index (χ1v) is 7.73. The van der Waals surface area contributed by atoms with Gasteiger partial charge < -0.3 is 4.74 Å². The lowest BCUT2D eigenvalue weighted by Gasteiger charge is -2.13. The molecule has 0 spiro atoms. The molecule has 1 heterocycles. The van der Waals surface area contributed by atoms with Crippen LogP contribution in [0.3, 0.4) is 0 Å². The number of aromatic nitrogens is 1. The highest BCUT2D eigenvalue weighted by Crippen LogP contribution is 2.28. The second-order valence-corrected chi connectivity index (χ2v) is 5.78. The molecule has 0 amide bonds. The van der Waals surface area contributed by atoms with Crippen molar-refractivity contribution in [1.82, 2.24) is 4.98 Å². The van der Waals surface area contributed by atoms with E-state index in [0.717, 1.165) is 22.3 Å². The predicted octanol–water partition coefficient (Wildman–Crippen LogP) is 3.98. The molecule has 1 atom stereocenters. The van der Waals surface area contributed by atoms with Gasteiger partial charge in [0.2, 0.25) is 0 Å². The summed E-state index contributed by atoms with van der Waals surface area (Å²) in [6.07, 6.45) is 0.733. The van der Waals surface area contributed by atoms with Gasteiger partial charge >= 0.3 is 5.97 Å². The van der Waals surface area contributed by atoms with Crippen LogP contribution in [-0.2, 0) is 9.53 Å². The first-order valence-electron chi connectivity index (χ1n) is 6.85. The number of aryl methyl sites for hydroxylation is 1. The SMILES string of the molecule is CCOC(=O)[C@H](CC)Sc1cc(C)c2ccccc2n1. The predicted molar refractivity (Wildman–Crippen MR) is 83.0 cm³/mol. The van der Waals surface area contributed by atoms with Crippen molar-refractivity contribution in [2.75, 3.05) is 6.61 Å². The zero-order valence-corrected chi connectivity index (χ0v) is 12.9. The molecule has 2 aromatic rings. The number of esters is 1. The highest BCUT2D eigenvalue weighted by Gasteiger charge is 2.20. The fourth-order valence-corrected chi connectivity index (χ4v) is 3.08. The number of pyridine rings is 1. The fourth-order valence-electron chi connectivity index (χ4n) is 2.06. The Bertz CT molecular complexity index is 612. The first kappa shape index (κ1) is 14.9. The molecule has 0 unspecified atom stereocenters. The fraction of sp³-hybridized carbons (Fsp3) is 0.375. The van der Waals surface area contributed by atoms with E-state index in [1.807, 2.05) is 38.1 Å². The topological polar surface area (TPSA) is 39.2 Å². The zero-order valence-electron chi connectivity index (χ0n) is 12.1. The molecule has 0 fully saturated rings. The molecular formula is C16H19NO2S. The van der Waals surface area contributed by atoms with Crippen molar-refractivity contribution in [2.24, 2.45) is 0 Å². The van der Waals surface area contributed by atoms with E-state index < -0.39 is 0 Å². The summed E-state index contributed by atoms with van der Waals surface area (Å²) in [6.45, 7) is 6.30. The second kappa shape index (κ2) is 6.75. The number of rotatable bonds is 5. The summed E-state index contributed by atoms with van der Waals surface area (Å²) >= 11 is 1.48. The lowest BCUT2D eigenvalue weighted by molar-refractivity contribution is -0.142. The van der Waals surface area contributed by atoms with E-state index in [0.29, 0.717) is 6.61 Å². The number of hydrogen-bond donors (Lipinski definition) is 0. The number of benzene rings is 1. The normalized spacial score (nSPS) is 12.3. The summed E-state index contributed by atoms with van der Waals surface area (Å²) < 4.78 is 5.10. The Hall–Kier alpha value is -1.55. The van der Waals surface area contributed by atoms with E-state index in [9.17, 15) is 4.79 Å². The van der Waals surface area contributed by atoms with Crippen molar-refractivity contribution in [3.8, 4) is 0 Å². The number of para-hydroxylation sites is 1. The lowest BCUT2D eigenvalue weighted by atomic mass is 10.1. The van der Waals surface area contributed by atoms with Gasteiger partial charge in [0.15, 0.2) is 0 Å². The van der Waals surface area contributed by atoms with Crippen LogP contribution in [-0.4, -0.2) is 22.8 Å². The number of nitrogens with zero attached hydrogens (tertiary/aromatic N) is 1. The minimum Gasteiger partial charge on any atom is -0.465 e. The number of hydrogen-bond acceptors (Lipinski definition) is 4. The van der Waals surface area contributed by atoms with E-state index in [1.165, 1.54) is 17.3 Å². The van der Waals surface area contributed by atoms with Crippen LogP contribution in [0, 0.1) is 6.92 Å². The molecule has 0 N–H and O–H groups in total. The summed E-state index contributed by atoms with van der Waals surface area (Å²) in [7, 11) is 0. The quantitative estimate of drug-likeness (QED) is 0.616. The number of carbonyl (C=O) groups is 1. The molecule has 0 bridgehead atoms. The lowest BCUT2D eigenvalue weighted by Crippen LogP contribution is -2.19. The Balaban J connectivity index is 2.26. The van der Waals surface area contributed by atoms with Crippen LogP contribution in [0.4, 0.5) is 0 Å². The van der Waals surface area contributed by atoms with Crippen LogP contribution in [0.1, 0.15) is 25.8 Å². The van der Waals surface area contributed by atoms with Crippen molar-refractivity contribution in [1.29, 1.82) is 0 Å². The second-order valence-electron chi connectivity index (χ2n) is 4.56. The van der Waals surface area contributed by atoms with Crippen molar-refractivity contribution >= 4 is 28.6 Å². The van der Waals surface area contributed by atoms with E-state index in [1.54, 1.807) is 0 Å². The van der Waals surface area contributed by atoms with Crippen LogP contribution in [0.25, 0.3) is 10.9 Å². The van der Waals surface area contributed by atoms with E-state index in [2.05, 4.69) is 18.0 Å². The minimum absolute atomic E-state index is 0.160. The van der Waals surface area contributed by atoms with E-state index >= 15 is 0 Å². The Labute approximate surface area is 123 Å². The summed E-state index contributed by atoms with van der Waals surface area (Å²) in [5, 5.41) is 1.84. The highest BCUT2D eigenvalue weighted by molar-refractivity contribution is 8.00. The van der Waals surface area contributed by atoms with Gasteiger partial charge in [-0.05, 0) is 38.0 Å². The smallest absolute Gasteiger partial charge is 0.319 e. The van der Waals surface area contributed by atoms with Crippen LogP contribution in [0.5, 0.6) is 0 Å². The molecule has 0 saturated carbocycles. The molecule has 4 heteroatoms. The number of carbonyl (C=O) groups excluding carboxylic acids is 1. The third kappa shape index (κ3) is 3.31. The molecule has 1 aromatic heterocycles. The van der Waals surface area contributed by atoms with Gasteiger partial charge in [-0.2, -0.15) is 0 Å². The van der Waals surface area contributed by atoms with E-state index in [4.69, 9.17) is 4.74 Å². The average Bonchev–Trinajstić information content (AvgIpc) is 2.45. The maximum atomic E-state index is 11.9. The maximum absolute atomic E-state index is 11.9. The van der Waals surface area contributed by atoms with Crippen LogP contribution in [0.2, 0.25) is 0 Å². The van der Waals surface area contributed by atoms with E-state index in [-0.39, 0.29) is 11.2 Å².